The molecule has 0 bridgehead atoms. The number of nitrogens with zero attached hydrogens (tertiary/aromatic N) is 2. The van der Waals surface area contributed by atoms with Crippen LogP contribution in [0, 0.1) is 0 Å². The van der Waals surface area contributed by atoms with Crippen LogP contribution in [0.1, 0.15) is 5.56 Å². The van der Waals surface area contributed by atoms with E-state index in [1.807, 2.05) is 48.7 Å². The first-order chi connectivity index (χ1) is 12.0. The van der Waals surface area contributed by atoms with Gasteiger partial charge < -0.3 is 0 Å². The zero-order chi connectivity index (χ0) is 18.0. The third kappa shape index (κ3) is 4.31. The molecule has 2 aromatic carbocycles. The van der Waals surface area contributed by atoms with Crippen molar-refractivity contribution in [2.75, 3.05) is 13.3 Å². The summed E-state index contributed by atoms with van der Waals surface area (Å²) < 4.78 is 0.816. The molecule has 2 aromatic rings. The summed E-state index contributed by atoms with van der Waals surface area (Å²) in [5.74, 6) is -0.0547. The molecule has 1 aliphatic heterocycles. The SMILES string of the molecule is CSc1ccc(/C=C2\SC(=Nc3ccc(Br)c(Cl)c3)N(C)C2=O)cc1. The fourth-order valence-corrected chi connectivity index (χ4v) is 3.98. The van der Waals surface area contributed by atoms with Gasteiger partial charge in [0.15, 0.2) is 5.17 Å². The lowest BCUT2D eigenvalue weighted by Gasteiger charge is -2.07. The van der Waals surface area contributed by atoms with E-state index in [0.717, 1.165) is 10.0 Å². The van der Waals surface area contributed by atoms with Gasteiger partial charge in [-0.05, 0) is 75.9 Å². The Morgan fingerprint density at radius 1 is 1.24 bits per heavy atom. The molecule has 1 aliphatic rings. The minimum atomic E-state index is -0.0547. The maximum atomic E-state index is 12.5. The number of carbonyl (C=O) groups is 1. The lowest BCUT2D eigenvalue weighted by molar-refractivity contribution is -0.121. The summed E-state index contributed by atoms with van der Waals surface area (Å²) >= 11 is 12.5. The van der Waals surface area contributed by atoms with Gasteiger partial charge in [-0.2, -0.15) is 0 Å². The van der Waals surface area contributed by atoms with Crippen LogP contribution in [0.4, 0.5) is 5.69 Å². The number of rotatable bonds is 3. The van der Waals surface area contributed by atoms with E-state index < -0.39 is 0 Å². The number of hydrogen-bond donors (Lipinski definition) is 0. The molecule has 128 valence electrons. The average Bonchev–Trinajstić information content (AvgIpc) is 2.87. The van der Waals surface area contributed by atoms with Gasteiger partial charge >= 0.3 is 0 Å². The van der Waals surface area contributed by atoms with Gasteiger partial charge in [-0.3, -0.25) is 9.69 Å². The zero-order valence-corrected chi connectivity index (χ0v) is 17.5. The molecule has 3 nitrogen and oxygen atoms in total. The van der Waals surface area contributed by atoms with Crippen LogP contribution in [0.5, 0.6) is 0 Å². The van der Waals surface area contributed by atoms with Gasteiger partial charge in [-0.1, -0.05) is 23.7 Å². The summed E-state index contributed by atoms with van der Waals surface area (Å²) in [6, 6.07) is 13.6. The van der Waals surface area contributed by atoms with Crippen LogP contribution in [-0.2, 0) is 4.79 Å². The van der Waals surface area contributed by atoms with Crippen molar-refractivity contribution in [3.05, 3.63) is 62.4 Å². The molecule has 1 heterocycles. The molecule has 0 radical (unpaired) electrons. The summed E-state index contributed by atoms with van der Waals surface area (Å²) in [5.41, 5.74) is 1.70. The fourth-order valence-electron chi connectivity index (χ4n) is 2.17. The van der Waals surface area contributed by atoms with E-state index in [0.29, 0.717) is 20.8 Å². The minimum absolute atomic E-state index is 0.0547. The maximum Gasteiger partial charge on any atom is 0.266 e. The van der Waals surface area contributed by atoms with E-state index in [2.05, 4.69) is 20.9 Å². The molecule has 25 heavy (non-hydrogen) atoms. The molecule has 0 atom stereocenters. The second kappa shape index (κ2) is 7.99. The van der Waals surface area contributed by atoms with Crippen molar-refractivity contribution >= 4 is 73.9 Å². The Morgan fingerprint density at radius 2 is 1.96 bits per heavy atom. The lowest BCUT2D eigenvalue weighted by atomic mass is 10.2. The third-order valence-corrected chi connectivity index (χ3v) is 6.58. The van der Waals surface area contributed by atoms with E-state index in [1.165, 1.54) is 16.7 Å². The van der Waals surface area contributed by atoms with Gasteiger partial charge in [0.25, 0.3) is 5.91 Å². The number of aliphatic imine (C=N–C) groups is 1. The van der Waals surface area contributed by atoms with Gasteiger partial charge in [0.2, 0.25) is 0 Å². The second-order valence-corrected chi connectivity index (χ2v) is 8.39. The fraction of sp³-hybridized carbons (Fsp3) is 0.111. The van der Waals surface area contributed by atoms with Gasteiger partial charge in [0, 0.05) is 16.4 Å². The molecular weight excluding hydrogens is 440 g/mol. The molecule has 7 heteroatoms. The molecule has 0 N–H and O–H groups in total. The molecule has 1 amide bonds. The quantitative estimate of drug-likeness (QED) is 0.418. The molecule has 0 saturated carbocycles. The van der Waals surface area contributed by atoms with E-state index in [1.54, 1.807) is 29.8 Å². The molecule has 0 spiro atoms. The Balaban J connectivity index is 1.87. The van der Waals surface area contributed by atoms with Crippen molar-refractivity contribution < 1.29 is 4.79 Å². The van der Waals surface area contributed by atoms with Gasteiger partial charge in [0.05, 0.1) is 15.6 Å². The van der Waals surface area contributed by atoms with Crippen LogP contribution in [0.25, 0.3) is 6.08 Å². The average molecular weight is 454 g/mol. The van der Waals surface area contributed by atoms with Crippen molar-refractivity contribution in [1.29, 1.82) is 0 Å². The van der Waals surface area contributed by atoms with Crippen LogP contribution < -0.4 is 0 Å². The summed E-state index contributed by atoms with van der Waals surface area (Å²) in [4.78, 5) is 20.4. The molecular formula is C18H14BrClN2OS2. The zero-order valence-electron chi connectivity index (χ0n) is 13.5. The third-order valence-electron chi connectivity index (χ3n) is 3.55. The monoisotopic (exact) mass is 452 g/mol. The highest BCUT2D eigenvalue weighted by Gasteiger charge is 2.30. The summed E-state index contributed by atoms with van der Waals surface area (Å²) in [5, 5.41) is 1.22. The number of halogens is 2. The van der Waals surface area contributed by atoms with Crippen molar-refractivity contribution in [1.82, 2.24) is 4.90 Å². The first kappa shape index (κ1) is 18.6. The van der Waals surface area contributed by atoms with E-state index in [4.69, 9.17) is 11.6 Å². The molecule has 0 aliphatic carbocycles. The highest BCUT2D eigenvalue weighted by atomic mass is 79.9. The summed E-state index contributed by atoms with van der Waals surface area (Å²) in [7, 11) is 1.73. The first-order valence-electron chi connectivity index (χ1n) is 7.33. The van der Waals surface area contributed by atoms with Gasteiger partial charge in [-0.25, -0.2) is 4.99 Å². The standard InChI is InChI=1S/C18H14BrClN2OS2/c1-22-17(23)16(9-11-3-6-13(24-2)7-4-11)25-18(22)21-12-5-8-14(19)15(20)10-12/h3-10H,1-2H3/b16-9-,21-18?. The minimum Gasteiger partial charge on any atom is -0.290 e. The molecule has 0 aromatic heterocycles. The number of amidine groups is 1. The highest BCUT2D eigenvalue weighted by Crippen LogP contribution is 2.34. The number of thioether (sulfide) groups is 2. The maximum absolute atomic E-state index is 12.5. The normalized spacial score (nSPS) is 17.8. The second-order valence-electron chi connectivity index (χ2n) is 5.24. The Hall–Kier alpha value is -1.21. The molecule has 3 rings (SSSR count). The number of amides is 1. The van der Waals surface area contributed by atoms with E-state index in [9.17, 15) is 4.79 Å². The van der Waals surface area contributed by atoms with Crippen molar-refractivity contribution in [2.45, 2.75) is 4.90 Å². The number of carbonyl (C=O) groups excluding carboxylic acids is 1. The number of hydrogen-bond acceptors (Lipinski definition) is 4. The van der Waals surface area contributed by atoms with Gasteiger partial charge in [-0.15, -0.1) is 11.8 Å². The highest BCUT2D eigenvalue weighted by molar-refractivity contribution is 9.10. The Bertz CT molecular complexity index is 881. The van der Waals surface area contributed by atoms with Crippen molar-refractivity contribution in [3.63, 3.8) is 0 Å². The Kier molecular flexibility index (Phi) is 5.94. The van der Waals surface area contributed by atoms with Crippen molar-refractivity contribution in [3.8, 4) is 0 Å². The Morgan fingerprint density at radius 3 is 2.60 bits per heavy atom. The largest absolute Gasteiger partial charge is 0.290 e. The summed E-state index contributed by atoms with van der Waals surface area (Å²) in [6.45, 7) is 0. The van der Waals surface area contributed by atoms with Crippen LogP contribution in [0.15, 0.2) is 61.7 Å². The number of benzene rings is 2. The summed E-state index contributed by atoms with van der Waals surface area (Å²) in [6.07, 6.45) is 3.93. The van der Waals surface area contributed by atoms with Gasteiger partial charge in [0.1, 0.15) is 0 Å². The molecule has 1 saturated heterocycles. The lowest BCUT2D eigenvalue weighted by Crippen LogP contribution is -2.23. The first-order valence-corrected chi connectivity index (χ1v) is 10.5. The smallest absolute Gasteiger partial charge is 0.266 e. The Labute approximate surface area is 168 Å². The van der Waals surface area contributed by atoms with Crippen LogP contribution in [0.2, 0.25) is 5.02 Å². The molecule has 1 fully saturated rings. The number of likely N-dealkylation sites (N-methyl/N-ethyl adjacent to an activating group) is 1. The molecule has 0 unspecified atom stereocenters. The van der Waals surface area contributed by atoms with E-state index >= 15 is 0 Å². The van der Waals surface area contributed by atoms with Crippen LogP contribution in [-0.4, -0.2) is 29.3 Å². The topological polar surface area (TPSA) is 32.7 Å². The van der Waals surface area contributed by atoms with Crippen molar-refractivity contribution in [2.24, 2.45) is 4.99 Å². The predicted octanol–water partition coefficient (Wildman–Crippen LogP) is 6.06. The van der Waals surface area contributed by atoms with E-state index in [-0.39, 0.29) is 5.91 Å². The van der Waals surface area contributed by atoms with Crippen LogP contribution >= 0.6 is 51.1 Å². The van der Waals surface area contributed by atoms with Crippen LogP contribution in [0.3, 0.4) is 0 Å². The predicted molar refractivity (Wildman–Crippen MR) is 113 cm³/mol.